The van der Waals surface area contributed by atoms with Crippen molar-refractivity contribution in [3.63, 3.8) is 0 Å². The molecule has 0 atom stereocenters. The number of aromatic carboxylic acids is 1. The molecule has 0 aliphatic heterocycles. The number of carboxylic acid groups (broad SMARTS) is 1. The van der Waals surface area contributed by atoms with Crippen LogP contribution in [-0.4, -0.2) is 11.1 Å². The molecule has 2 aromatic rings. The summed E-state index contributed by atoms with van der Waals surface area (Å²) in [5, 5.41) is 12.2. The number of nitrogens with one attached hydrogen (secondary N) is 1. The average Bonchev–Trinajstić information content (AvgIpc) is 2.48. The van der Waals surface area contributed by atoms with Crippen molar-refractivity contribution in [2.24, 2.45) is 0 Å². The van der Waals surface area contributed by atoms with Crippen LogP contribution in [0.3, 0.4) is 0 Å². The third-order valence-corrected chi connectivity index (χ3v) is 3.37. The van der Waals surface area contributed by atoms with Crippen LogP contribution in [0.4, 0.5) is 15.8 Å². The number of nitrogen functional groups attached to an aromatic ring is 1. The summed E-state index contributed by atoms with van der Waals surface area (Å²) in [6.07, 6.45) is 0.884. The summed E-state index contributed by atoms with van der Waals surface area (Å²) in [4.78, 5) is 11.2. The fraction of sp³-hybridized carbons (Fsp3) is 0.188. The fourth-order valence-electron chi connectivity index (χ4n) is 2.24. The lowest BCUT2D eigenvalue weighted by molar-refractivity contribution is 0.0698. The Labute approximate surface area is 122 Å². The Morgan fingerprint density at radius 1 is 1.24 bits per heavy atom. The number of benzene rings is 2. The van der Waals surface area contributed by atoms with Crippen LogP contribution in [0.15, 0.2) is 36.4 Å². The quantitative estimate of drug-likeness (QED) is 0.738. The highest BCUT2D eigenvalue weighted by molar-refractivity contribution is 6.00. The van der Waals surface area contributed by atoms with E-state index in [1.165, 1.54) is 11.6 Å². The maximum absolute atomic E-state index is 13.4. The molecular formula is C16H17FN2O2. The smallest absolute Gasteiger partial charge is 0.340 e. The van der Waals surface area contributed by atoms with Crippen LogP contribution in [0.2, 0.25) is 0 Å². The van der Waals surface area contributed by atoms with Crippen molar-refractivity contribution in [3.05, 3.63) is 58.9 Å². The predicted octanol–water partition coefficient (Wildman–Crippen LogP) is 3.28. The van der Waals surface area contributed by atoms with E-state index in [0.717, 1.165) is 18.1 Å². The molecule has 0 unspecified atom stereocenters. The van der Waals surface area contributed by atoms with Crippen LogP contribution in [0.25, 0.3) is 0 Å². The second kappa shape index (κ2) is 6.26. The molecule has 0 heterocycles. The van der Waals surface area contributed by atoms with Crippen LogP contribution in [0.5, 0.6) is 0 Å². The first-order valence-electron chi connectivity index (χ1n) is 6.66. The normalized spacial score (nSPS) is 10.4. The van der Waals surface area contributed by atoms with E-state index in [2.05, 4.69) is 12.2 Å². The van der Waals surface area contributed by atoms with E-state index in [0.29, 0.717) is 12.2 Å². The van der Waals surface area contributed by atoms with E-state index in [1.54, 1.807) is 0 Å². The Bertz CT molecular complexity index is 671. The van der Waals surface area contributed by atoms with E-state index in [1.807, 2.05) is 24.3 Å². The minimum atomic E-state index is -1.25. The fourth-order valence-corrected chi connectivity index (χ4v) is 2.24. The van der Waals surface area contributed by atoms with E-state index in [9.17, 15) is 14.3 Å². The molecule has 0 spiro atoms. The van der Waals surface area contributed by atoms with Gasteiger partial charge in [0.1, 0.15) is 11.4 Å². The van der Waals surface area contributed by atoms with Gasteiger partial charge >= 0.3 is 5.97 Å². The van der Waals surface area contributed by atoms with Crippen molar-refractivity contribution in [2.75, 3.05) is 11.1 Å². The van der Waals surface area contributed by atoms with Crippen molar-refractivity contribution in [2.45, 2.75) is 19.9 Å². The molecule has 21 heavy (non-hydrogen) atoms. The standard InChI is InChI=1S/C16H17FN2O2/c1-2-10-5-3-4-6-11(10)9-19-13-8-7-12(17)15(18)14(13)16(20)21/h3-8,19H,2,9,18H2,1H3,(H,20,21). The van der Waals surface area contributed by atoms with Crippen LogP contribution >= 0.6 is 0 Å². The molecule has 0 aliphatic carbocycles. The third kappa shape index (κ3) is 3.13. The van der Waals surface area contributed by atoms with Gasteiger partial charge in [-0.1, -0.05) is 31.2 Å². The highest BCUT2D eigenvalue weighted by Crippen LogP contribution is 2.26. The van der Waals surface area contributed by atoms with Crippen molar-refractivity contribution in [3.8, 4) is 0 Å². The molecule has 0 saturated carbocycles. The summed E-state index contributed by atoms with van der Waals surface area (Å²) in [5.41, 5.74) is 7.49. The lowest BCUT2D eigenvalue weighted by Gasteiger charge is -2.14. The number of rotatable bonds is 5. The SMILES string of the molecule is CCc1ccccc1CNc1ccc(F)c(N)c1C(=O)O. The highest BCUT2D eigenvalue weighted by atomic mass is 19.1. The first kappa shape index (κ1) is 14.8. The largest absolute Gasteiger partial charge is 0.478 e. The summed E-state index contributed by atoms with van der Waals surface area (Å²) in [6.45, 7) is 2.51. The molecule has 4 N–H and O–H groups in total. The summed E-state index contributed by atoms with van der Waals surface area (Å²) >= 11 is 0. The van der Waals surface area contributed by atoms with Gasteiger partial charge in [-0.25, -0.2) is 9.18 Å². The van der Waals surface area contributed by atoms with Gasteiger partial charge < -0.3 is 16.2 Å². The molecule has 0 amide bonds. The number of hydrogen-bond donors (Lipinski definition) is 3. The molecule has 0 saturated heterocycles. The molecule has 2 aromatic carbocycles. The monoisotopic (exact) mass is 288 g/mol. The Hall–Kier alpha value is -2.56. The van der Waals surface area contributed by atoms with E-state index in [4.69, 9.17) is 5.73 Å². The van der Waals surface area contributed by atoms with E-state index < -0.39 is 11.8 Å². The number of halogens is 1. The van der Waals surface area contributed by atoms with Crippen LogP contribution in [0.1, 0.15) is 28.4 Å². The van der Waals surface area contributed by atoms with Gasteiger partial charge in [-0.3, -0.25) is 0 Å². The number of nitrogens with two attached hydrogens (primary N) is 1. The van der Waals surface area contributed by atoms with Gasteiger partial charge in [0.25, 0.3) is 0 Å². The van der Waals surface area contributed by atoms with E-state index in [-0.39, 0.29) is 11.3 Å². The van der Waals surface area contributed by atoms with Gasteiger partial charge in [-0.15, -0.1) is 0 Å². The molecule has 0 fully saturated rings. The average molecular weight is 288 g/mol. The second-order valence-electron chi connectivity index (χ2n) is 4.66. The first-order valence-corrected chi connectivity index (χ1v) is 6.66. The number of hydrogen-bond acceptors (Lipinski definition) is 3. The van der Waals surface area contributed by atoms with Crippen LogP contribution in [0, 0.1) is 5.82 Å². The Morgan fingerprint density at radius 3 is 2.52 bits per heavy atom. The minimum absolute atomic E-state index is 0.232. The van der Waals surface area contributed by atoms with Crippen molar-refractivity contribution >= 4 is 17.3 Å². The van der Waals surface area contributed by atoms with Gasteiger partial charge in [-0.05, 0) is 29.7 Å². The third-order valence-electron chi connectivity index (χ3n) is 3.37. The second-order valence-corrected chi connectivity index (χ2v) is 4.66. The van der Waals surface area contributed by atoms with Crippen LogP contribution in [-0.2, 0) is 13.0 Å². The predicted molar refractivity (Wildman–Crippen MR) is 80.9 cm³/mol. The maximum Gasteiger partial charge on any atom is 0.340 e. The summed E-state index contributed by atoms with van der Waals surface area (Å²) in [7, 11) is 0. The van der Waals surface area contributed by atoms with Gasteiger partial charge in [0.15, 0.2) is 0 Å². The van der Waals surface area contributed by atoms with Gasteiger partial charge in [0.2, 0.25) is 0 Å². The molecular weight excluding hydrogens is 271 g/mol. The molecule has 110 valence electrons. The summed E-state index contributed by atoms with van der Waals surface area (Å²) < 4.78 is 13.4. The highest BCUT2D eigenvalue weighted by Gasteiger charge is 2.17. The lowest BCUT2D eigenvalue weighted by atomic mass is 10.0. The maximum atomic E-state index is 13.4. The topological polar surface area (TPSA) is 75.3 Å². The van der Waals surface area contributed by atoms with Crippen molar-refractivity contribution in [1.82, 2.24) is 0 Å². The van der Waals surface area contributed by atoms with Gasteiger partial charge in [-0.2, -0.15) is 0 Å². The Kier molecular flexibility index (Phi) is 4.42. The zero-order valence-electron chi connectivity index (χ0n) is 11.7. The zero-order chi connectivity index (χ0) is 15.4. The number of anilines is 2. The zero-order valence-corrected chi connectivity index (χ0v) is 11.7. The van der Waals surface area contributed by atoms with E-state index >= 15 is 0 Å². The number of aryl methyl sites for hydroxylation is 1. The van der Waals surface area contributed by atoms with Crippen molar-refractivity contribution in [1.29, 1.82) is 0 Å². The molecule has 0 bridgehead atoms. The molecule has 0 aromatic heterocycles. The molecule has 2 rings (SSSR count). The first-order chi connectivity index (χ1) is 10.0. The molecule has 5 heteroatoms. The molecule has 0 radical (unpaired) electrons. The van der Waals surface area contributed by atoms with Gasteiger partial charge in [0, 0.05) is 6.54 Å². The van der Waals surface area contributed by atoms with Crippen LogP contribution < -0.4 is 11.1 Å². The van der Waals surface area contributed by atoms with Crippen molar-refractivity contribution < 1.29 is 14.3 Å². The minimum Gasteiger partial charge on any atom is -0.478 e. The van der Waals surface area contributed by atoms with Gasteiger partial charge in [0.05, 0.1) is 11.4 Å². The Morgan fingerprint density at radius 2 is 1.90 bits per heavy atom. The summed E-state index contributed by atoms with van der Waals surface area (Å²) in [5.74, 6) is -1.98. The molecule has 0 aliphatic rings. The molecule has 4 nitrogen and oxygen atoms in total. The Balaban J connectivity index is 2.28. The number of carboxylic acids is 1. The lowest BCUT2D eigenvalue weighted by Crippen LogP contribution is -2.11. The summed E-state index contributed by atoms with van der Waals surface area (Å²) in [6, 6.07) is 10.4. The number of carbonyl (C=O) groups is 1.